The maximum absolute atomic E-state index is 5.02. The minimum Gasteiger partial charge on any atom is -0.264 e. The van der Waals surface area contributed by atoms with Crippen molar-refractivity contribution in [3.8, 4) is 67.5 Å². The highest BCUT2D eigenvalue weighted by Crippen LogP contribution is 2.53. The third kappa shape index (κ3) is 5.37. The molecule has 268 valence electrons. The standard InChI is InChI=1S/C53H36N4/c1-53(2)46-17-9-8-16-44(46)49-47(53)29-28-43-41-27-26-38(31-45(41)40-14-6-7-15-42(40)48(43)49)33-18-22-36(23-19-33)51-55-50(35-11-4-3-5-12-35)56-52(57-51)37-24-20-34(21-25-37)39-13-10-30-54-32-39/h3-32H,1-2H3. The van der Waals surface area contributed by atoms with E-state index in [1.165, 1.54) is 60.1 Å². The molecule has 2 heterocycles. The zero-order valence-electron chi connectivity index (χ0n) is 31.6. The zero-order valence-corrected chi connectivity index (χ0v) is 31.6. The topological polar surface area (TPSA) is 51.6 Å². The summed E-state index contributed by atoms with van der Waals surface area (Å²) in [6, 6.07) is 60.6. The van der Waals surface area contributed by atoms with Crippen LogP contribution in [0.1, 0.15) is 25.0 Å². The molecule has 57 heavy (non-hydrogen) atoms. The molecular formula is C53H36N4. The van der Waals surface area contributed by atoms with Crippen LogP contribution < -0.4 is 0 Å². The fraction of sp³-hybridized carbons (Fsp3) is 0.0566. The van der Waals surface area contributed by atoms with Crippen LogP contribution in [0.4, 0.5) is 0 Å². The van der Waals surface area contributed by atoms with Gasteiger partial charge in [-0.2, -0.15) is 0 Å². The molecule has 10 aromatic rings. The van der Waals surface area contributed by atoms with E-state index in [0.29, 0.717) is 17.5 Å². The third-order valence-corrected chi connectivity index (χ3v) is 11.8. The van der Waals surface area contributed by atoms with E-state index >= 15 is 0 Å². The molecule has 1 aliphatic rings. The molecule has 0 radical (unpaired) electrons. The molecule has 4 heteroatoms. The molecule has 0 amide bonds. The van der Waals surface area contributed by atoms with Gasteiger partial charge in [0.1, 0.15) is 0 Å². The Labute approximate surface area is 331 Å². The third-order valence-electron chi connectivity index (χ3n) is 11.8. The van der Waals surface area contributed by atoms with Crippen LogP contribution in [0.2, 0.25) is 0 Å². The summed E-state index contributed by atoms with van der Waals surface area (Å²) in [5.41, 5.74) is 12.7. The van der Waals surface area contributed by atoms with Crippen LogP contribution in [0.25, 0.3) is 99.9 Å². The molecule has 4 nitrogen and oxygen atoms in total. The summed E-state index contributed by atoms with van der Waals surface area (Å²) in [6.45, 7) is 4.71. The second-order valence-electron chi connectivity index (χ2n) is 15.5. The van der Waals surface area contributed by atoms with Crippen molar-refractivity contribution >= 4 is 32.3 Å². The number of nitrogens with zero attached hydrogens (tertiary/aromatic N) is 4. The van der Waals surface area contributed by atoms with Gasteiger partial charge < -0.3 is 0 Å². The van der Waals surface area contributed by atoms with Gasteiger partial charge in [0.2, 0.25) is 0 Å². The summed E-state index contributed by atoms with van der Waals surface area (Å²) in [7, 11) is 0. The van der Waals surface area contributed by atoms with Gasteiger partial charge in [0.05, 0.1) is 0 Å². The van der Waals surface area contributed by atoms with E-state index in [-0.39, 0.29) is 5.41 Å². The van der Waals surface area contributed by atoms with Crippen molar-refractivity contribution in [3.63, 3.8) is 0 Å². The lowest BCUT2D eigenvalue weighted by molar-refractivity contribution is 0.661. The molecule has 2 aromatic heterocycles. The van der Waals surface area contributed by atoms with E-state index in [0.717, 1.165) is 33.4 Å². The molecule has 0 N–H and O–H groups in total. The molecule has 0 spiro atoms. The first-order valence-corrected chi connectivity index (χ1v) is 19.5. The Bertz CT molecular complexity index is 3150. The van der Waals surface area contributed by atoms with Crippen molar-refractivity contribution in [2.75, 3.05) is 0 Å². The van der Waals surface area contributed by atoms with Crippen molar-refractivity contribution in [2.24, 2.45) is 0 Å². The van der Waals surface area contributed by atoms with Crippen molar-refractivity contribution in [1.29, 1.82) is 0 Å². The number of rotatable bonds is 5. The van der Waals surface area contributed by atoms with Crippen molar-refractivity contribution in [1.82, 2.24) is 19.9 Å². The van der Waals surface area contributed by atoms with Gasteiger partial charge in [-0.1, -0.05) is 172 Å². The smallest absolute Gasteiger partial charge is 0.164 e. The number of aromatic nitrogens is 4. The number of fused-ring (bicyclic) bond motifs is 10. The lowest BCUT2D eigenvalue weighted by Gasteiger charge is -2.22. The summed E-state index contributed by atoms with van der Waals surface area (Å²) in [6.07, 6.45) is 3.66. The highest BCUT2D eigenvalue weighted by molar-refractivity contribution is 6.29. The average molecular weight is 729 g/mol. The Balaban J connectivity index is 1.00. The molecular weight excluding hydrogens is 693 g/mol. The summed E-state index contributed by atoms with van der Waals surface area (Å²) in [5.74, 6) is 1.91. The largest absolute Gasteiger partial charge is 0.264 e. The van der Waals surface area contributed by atoms with Crippen molar-refractivity contribution < 1.29 is 0 Å². The maximum Gasteiger partial charge on any atom is 0.164 e. The molecule has 0 atom stereocenters. The van der Waals surface area contributed by atoms with Crippen LogP contribution in [0.3, 0.4) is 0 Å². The van der Waals surface area contributed by atoms with Gasteiger partial charge in [0.15, 0.2) is 17.5 Å². The average Bonchev–Trinajstić information content (AvgIpc) is 3.52. The Morgan fingerprint density at radius 1 is 0.368 bits per heavy atom. The predicted molar refractivity (Wildman–Crippen MR) is 235 cm³/mol. The van der Waals surface area contributed by atoms with E-state index < -0.39 is 0 Å². The molecule has 0 unspecified atom stereocenters. The van der Waals surface area contributed by atoms with Crippen LogP contribution in [-0.4, -0.2) is 19.9 Å². The molecule has 0 bridgehead atoms. The summed E-state index contributed by atoms with van der Waals surface area (Å²) in [5, 5.41) is 7.74. The highest BCUT2D eigenvalue weighted by atomic mass is 15.0. The Morgan fingerprint density at radius 2 is 0.877 bits per heavy atom. The molecule has 1 aliphatic carbocycles. The van der Waals surface area contributed by atoms with Crippen LogP contribution in [-0.2, 0) is 5.41 Å². The second-order valence-corrected chi connectivity index (χ2v) is 15.5. The molecule has 0 fully saturated rings. The van der Waals surface area contributed by atoms with Gasteiger partial charge in [0.25, 0.3) is 0 Å². The number of pyridine rings is 1. The molecule has 0 aliphatic heterocycles. The molecule has 8 aromatic carbocycles. The van der Waals surface area contributed by atoms with Gasteiger partial charge in [-0.3, -0.25) is 4.98 Å². The van der Waals surface area contributed by atoms with Crippen LogP contribution >= 0.6 is 0 Å². The normalized spacial score (nSPS) is 12.9. The minimum atomic E-state index is -0.0512. The van der Waals surface area contributed by atoms with Crippen molar-refractivity contribution in [2.45, 2.75) is 19.3 Å². The van der Waals surface area contributed by atoms with E-state index in [2.05, 4.69) is 152 Å². The van der Waals surface area contributed by atoms with Gasteiger partial charge >= 0.3 is 0 Å². The van der Waals surface area contributed by atoms with E-state index in [1.54, 1.807) is 6.20 Å². The van der Waals surface area contributed by atoms with Gasteiger partial charge in [-0.25, -0.2) is 15.0 Å². The fourth-order valence-corrected chi connectivity index (χ4v) is 8.92. The van der Waals surface area contributed by atoms with Gasteiger partial charge in [-0.05, 0) is 89.0 Å². The number of hydrogen-bond acceptors (Lipinski definition) is 4. The molecule has 0 saturated heterocycles. The Kier molecular flexibility index (Phi) is 7.48. The highest BCUT2D eigenvalue weighted by Gasteiger charge is 2.36. The maximum atomic E-state index is 5.02. The van der Waals surface area contributed by atoms with Crippen molar-refractivity contribution in [3.05, 3.63) is 193 Å². The predicted octanol–water partition coefficient (Wildman–Crippen LogP) is 13.4. The summed E-state index contributed by atoms with van der Waals surface area (Å²) in [4.78, 5) is 19.2. The first kappa shape index (κ1) is 33.1. The van der Waals surface area contributed by atoms with Gasteiger partial charge in [0, 0.05) is 34.5 Å². The fourth-order valence-electron chi connectivity index (χ4n) is 8.92. The Hall–Kier alpha value is -7.30. The van der Waals surface area contributed by atoms with E-state index in [9.17, 15) is 0 Å². The second kappa shape index (κ2) is 12.9. The SMILES string of the molecule is CC1(C)c2ccccc2-c2c1ccc1c3ccc(-c4ccc(-c5nc(-c6ccccc6)nc(-c6ccc(-c7cccnc7)cc6)n5)cc4)cc3c3ccccc3c21. The number of hydrogen-bond donors (Lipinski definition) is 0. The lowest BCUT2D eigenvalue weighted by atomic mass is 9.81. The number of benzene rings is 8. The van der Waals surface area contributed by atoms with E-state index in [4.69, 9.17) is 15.0 Å². The van der Waals surface area contributed by atoms with Crippen LogP contribution in [0, 0.1) is 0 Å². The zero-order chi connectivity index (χ0) is 38.1. The minimum absolute atomic E-state index is 0.0512. The Morgan fingerprint density at radius 3 is 1.56 bits per heavy atom. The summed E-state index contributed by atoms with van der Waals surface area (Å²) < 4.78 is 0. The quantitative estimate of drug-likeness (QED) is 0.166. The van der Waals surface area contributed by atoms with E-state index in [1.807, 2.05) is 42.6 Å². The first-order chi connectivity index (χ1) is 28.0. The molecule has 11 rings (SSSR count). The van der Waals surface area contributed by atoms with Gasteiger partial charge in [-0.15, -0.1) is 0 Å². The van der Waals surface area contributed by atoms with Crippen LogP contribution in [0.15, 0.2) is 182 Å². The lowest BCUT2D eigenvalue weighted by Crippen LogP contribution is -2.14. The molecule has 0 saturated carbocycles. The monoisotopic (exact) mass is 728 g/mol. The van der Waals surface area contributed by atoms with Crippen LogP contribution in [0.5, 0.6) is 0 Å². The summed E-state index contributed by atoms with van der Waals surface area (Å²) >= 11 is 0. The first-order valence-electron chi connectivity index (χ1n) is 19.5.